The molecule has 0 amide bonds. The van der Waals surface area contributed by atoms with Gasteiger partial charge in [-0.3, -0.25) is 0 Å². The fourth-order valence-corrected chi connectivity index (χ4v) is 1.85. The van der Waals surface area contributed by atoms with Gasteiger partial charge >= 0.3 is 0 Å². The van der Waals surface area contributed by atoms with E-state index in [1.807, 2.05) is 12.1 Å². The first-order chi connectivity index (χ1) is 5.90. The van der Waals surface area contributed by atoms with Gasteiger partial charge in [0.1, 0.15) is 0 Å². The molecular weight excluding hydrogens is 194 g/mol. The number of rotatable bonds is 2. The van der Waals surface area contributed by atoms with Gasteiger partial charge in [-0.1, -0.05) is 0 Å². The summed E-state index contributed by atoms with van der Waals surface area (Å²) in [6.45, 7) is 0. The summed E-state index contributed by atoms with van der Waals surface area (Å²) in [7, 11) is 0. The van der Waals surface area contributed by atoms with Crippen LogP contribution in [-0.2, 0) is 5.88 Å². The summed E-state index contributed by atoms with van der Waals surface area (Å²) >= 11 is 7.20. The molecular formula is C8H6ClNOS. The smallest absolute Gasteiger partial charge is 0.162 e. The van der Waals surface area contributed by atoms with Crippen molar-refractivity contribution in [3.63, 3.8) is 0 Å². The van der Waals surface area contributed by atoms with Gasteiger partial charge in [0.25, 0.3) is 0 Å². The Morgan fingerprint density at radius 2 is 2.50 bits per heavy atom. The Morgan fingerprint density at radius 3 is 3.08 bits per heavy atom. The van der Waals surface area contributed by atoms with Gasteiger partial charge in [0, 0.05) is 11.1 Å². The van der Waals surface area contributed by atoms with E-state index in [2.05, 4.69) is 4.98 Å². The average Bonchev–Trinajstić information content (AvgIpc) is 2.75. The molecule has 62 valence electrons. The topological polar surface area (TPSA) is 26.0 Å². The van der Waals surface area contributed by atoms with Crippen LogP contribution in [0.5, 0.6) is 0 Å². The standard InChI is InChI=1S/C8H6ClNOS/c9-4-6-5-10-8(12-6)7-2-1-3-11-7/h1-3,5H,4H2. The molecule has 0 radical (unpaired) electrons. The molecule has 0 fully saturated rings. The molecule has 0 bridgehead atoms. The highest BCUT2D eigenvalue weighted by Crippen LogP contribution is 2.25. The quantitative estimate of drug-likeness (QED) is 0.695. The first-order valence-corrected chi connectivity index (χ1v) is 4.80. The van der Waals surface area contributed by atoms with E-state index in [0.29, 0.717) is 5.88 Å². The lowest BCUT2D eigenvalue weighted by atomic mass is 10.5. The molecule has 0 aliphatic heterocycles. The SMILES string of the molecule is ClCc1cnc(-c2ccco2)s1. The number of halogens is 1. The molecule has 2 rings (SSSR count). The number of hydrogen-bond donors (Lipinski definition) is 0. The summed E-state index contributed by atoms with van der Waals surface area (Å²) in [5.74, 6) is 1.31. The van der Waals surface area contributed by atoms with Crippen molar-refractivity contribution in [2.75, 3.05) is 0 Å². The lowest BCUT2D eigenvalue weighted by Crippen LogP contribution is -1.65. The minimum absolute atomic E-state index is 0.512. The number of aromatic nitrogens is 1. The number of thiazole rings is 1. The van der Waals surface area contributed by atoms with Crippen molar-refractivity contribution in [3.05, 3.63) is 29.5 Å². The number of nitrogens with zero attached hydrogens (tertiary/aromatic N) is 1. The molecule has 0 saturated heterocycles. The summed E-state index contributed by atoms with van der Waals surface area (Å²) in [5, 5.41) is 0.885. The van der Waals surface area contributed by atoms with Crippen molar-refractivity contribution < 1.29 is 4.42 Å². The lowest BCUT2D eigenvalue weighted by molar-refractivity contribution is 0.582. The molecule has 0 aliphatic rings. The predicted octanol–water partition coefficient (Wildman–Crippen LogP) is 3.14. The summed E-state index contributed by atoms with van der Waals surface area (Å²) in [4.78, 5) is 5.23. The molecule has 0 spiro atoms. The Balaban J connectivity index is 2.35. The van der Waals surface area contributed by atoms with Gasteiger partial charge in [-0.25, -0.2) is 4.98 Å². The molecule has 0 atom stereocenters. The van der Waals surface area contributed by atoms with Crippen LogP contribution in [-0.4, -0.2) is 4.98 Å². The first-order valence-electron chi connectivity index (χ1n) is 3.44. The Morgan fingerprint density at radius 1 is 1.58 bits per heavy atom. The van der Waals surface area contributed by atoms with Crippen LogP contribution >= 0.6 is 22.9 Å². The molecule has 2 nitrogen and oxygen atoms in total. The van der Waals surface area contributed by atoms with Gasteiger partial charge in [0.2, 0.25) is 0 Å². The van der Waals surface area contributed by atoms with Crippen molar-refractivity contribution in [1.82, 2.24) is 4.98 Å². The van der Waals surface area contributed by atoms with Gasteiger partial charge in [-0.2, -0.15) is 0 Å². The van der Waals surface area contributed by atoms with Crippen LogP contribution in [0.15, 0.2) is 29.0 Å². The van der Waals surface area contributed by atoms with E-state index in [9.17, 15) is 0 Å². The van der Waals surface area contributed by atoms with Gasteiger partial charge in [0.15, 0.2) is 10.8 Å². The zero-order valence-corrected chi connectivity index (χ0v) is 7.73. The van der Waals surface area contributed by atoms with Crippen molar-refractivity contribution in [3.8, 4) is 10.8 Å². The summed E-state index contributed by atoms with van der Waals surface area (Å²) in [6.07, 6.45) is 3.41. The molecule has 0 N–H and O–H groups in total. The molecule has 0 aliphatic carbocycles. The number of furan rings is 1. The molecule has 4 heteroatoms. The zero-order chi connectivity index (χ0) is 8.39. The maximum absolute atomic E-state index is 5.64. The molecule has 12 heavy (non-hydrogen) atoms. The third-order valence-corrected chi connectivity index (χ3v) is 2.88. The highest BCUT2D eigenvalue weighted by Gasteiger charge is 2.05. The molecule has 2 aromatic heterocycles. The van der Waals surface area contributed by atoms with Crippen molar-refractivity contribution in [2.45, 2.75) is 5.88 Å². The van der Waals surface area contributed by atoms with Crippen LogP contribution in [0.25, 0.3) is 10.8 Å². The maximum Gasteiger partial charge on any atom is 0.162 e. The third kappa shape index (κ3) is 1.38. The number of hydrogen-bond acceptors (Lipinski definition) is 3. The second-order valence-electron chi connectivity index (χ2n) is 2.24. The van der Waals surface area contributed by atoms with E-state index in [4.69, 9.17) is 16.0 Å². The zero-order valence-electron chi connectivity index (χ0n) is 6.16. The summed E-state index contributed by atoms with van der Waals surface area (Å²) in [6, 6.07) is 3.73. The summed E-state index contributed by atoms with van der Waals surface area (Å²) < 4.78 is 5.18. The largest absolute Gasteiger partial charge is 0.462 e. The number of alkyl halides is 1. The van der Waals surface area contributed by atoms with E-state index in [-0.39, 0.29) is 0 Å². The van der Waals surface area contributed by atoms with Crippen molar-refractivity contribution in [2.24, 2.45) is 0 Å². The van der Waals surface area contributed by atoms with Crippen LogP contribution < -0.4 is 0 Å². The second-order valence-corrected chi connectivity index (χ2v) is 3.63. The Kier molecular flexibility index (Phi) is 2.15. The monoisotopic (exact) mass is 199 g/mol. The van der Waals surface area contributed by atoms with Gasteiger partial charge in [-0.15, -0.1) is 22.9 Å². The van der Waals surface area contributed by atoms with Crippen molar-refractivity contribution >= 4 is 22.9 Å². The fourth-order valence-electron chi connectivity index (χ4n) is 0.883. The van der Waals surface area contributed by atoms with Crippen molar-refractivity contribution in [1.29, 1.82) is 0 Å². The Hall–Kier alpha value is -0.800. The minimum atomic E-state index is 0.512. The highest BCUT2D eigenvalue weighted by molar-refractivity contribution is 7.15. The van der Waals surface area contributed by atoms with Crippen LogP contribution in [0.3, 0.4) is 0 Å². The van der Waals surface area contributed by atoms with Gasteiger partial charge in [-0.05, 0) is 12.1 Å². The molecule has 2 heterocycles. The molecule has 2 aromatic rings. The average molecular weight is 200 g/mol. The Labute approximate surface area is 78.8 Å². The highest BCUT2D eigenvalue weighted by atomic mass is 35.5. The Bertz CT molecular complexity index is 355. The van der Waals surface area contributed by atoms with E-state index < -0.39 is 0 Å². The van der Waals surface area contributed by atoms with Crippen LogP contribution in [0.4, 0.5) is 0 Å². The van der Waals surface area contributed by atoms with Gasteiger partial charge in [0.05, 0.1) is 12.1 Å². The maximum atomic E-state index is 5.64. The second kappa shape index (κ2) is 3.29. The molecule has 0 unspecified atom stereocenters. The van der Waals surface area contributed by atoms with Crippen LogP contribution in [0.2, 0.25) is 0 Å². The first kappa shape index (κ1) is 7.83. The predicted molar refractivity (Wildman–Crippen MR) is 49.4 cm³/mol. The van der Waals surface area contributed by atoms with Crippen LogP contribution in [0.1, 0.15) is 4.88 Å². The minimum Gasteiger partial charge on any atom is -0.462 e. The van der Waals surface area contributed by atoms with Gasteiger partial charge < -0.3 is 4.42 Å². The van der Waals surface area contributed by atoms with E-state index in [1.165, 1.54) is 0 Å². The van der Waals surface area contributed by atoms with E-state index in [1.54, 1.807) is 23.8 Å². The normalized spacial score (nSPS) is 10.4. The molecule has 0 saturated carbocycles. The third-order valence-electron chi connectivity index (χ3n) is 1.42. The molecule has 0 aromatic carbocycles. The van der Waals surface area contributed by atoms with Crippen LogP contribution in [0, 0.1) is 0 Å². The fraction of sp³-hybridized carbons (Fsp3) is 0.125. The van der Waals surface area contributed by atoms with E-state index in [0.717, 1.165) is 15.6 Å². The van der Waals surface area contributed by atoms with E-state index >= 15 is 0 Å². The lowest BCUT2D eigenvalue weighted by Gasteiger charge is -1.84. The summed E-state index contributed by atoms with van der Waals surface area (Å²) in [5.41, 5.74) is 0.